The van der Waals surface area contributed by atoms with Crippen molar-refractivity contribution < 1.29 is 0 Å². The molecule has 1 saturated carbocycles. The summed E-state index contributed by atoms with van der Waals surface area (Å²) in [6.45, 7) is 8.68. The average molecular weight is 261 g/mol. The van der Waals surface area contributed by atoms with Gasteiger partial charge in [0, 0.05) is 44.5 Å². The quantitative estimate of drug-likeness (QED) is 0.872. The number of rotatable bonds is 4. The Morgan fingerprint density at radius 3 is 2.47 bits per heavy atom. The number of nitrogen functional groups attached to an aromatic ring is 1. The molecule has 0 aromatic carbocycles. The number of nitrogens with zero attached hydrogens (tertiary/aromatic N) is 4. The topological polar surface area (TPSA) is 58.3 Å². The first-order valence-electron chi connectivity index (χ1n) is 7.24. The van der Waals surface area contributed by atoms with E-state index in [0.29, 0.717) is 5.82 Å². The van der Waals surface area contributed by atoms with Gasteiger partial charge in [0.05, 0.1) is 6.54 Å². The number of anilines is 1. The van der Waals surface area contributed by atoms with Gasteiger partial charge in [0.2, 0.25) is 0 Å². The molecule has 1 aliphatic heterocycles. The van der Waals surface area contributed by atoms with Crippen molar-refractivity contribution in [1.82, 2.24) is 19.8 Å². The van der Waals surface area contributed by atoms with E-state index in [1.165, 1.54) is 32.5 Å². The van der Waals surface area contributed by atoms with E-state index in [0.717, 1.165) is 37.1 Å². The first-order chi connectivity index (χ1) is 9.19. The molecular weight excluding hydrogens is 238 g/mol. The lowest BCUT2D eigenvalue weighted by atomic mass is 10.2. The van der Waals surface area contributed by atoms with E-state index in [1.807, 2.05) is 13.0 Å². The van der Waals surface area contributed by atoms with Crippen molar-refractivity contribution in [1.29, 1.82) is 0 Å². The minimum atomic E-state index is 0.579. The maximum absolute atomic E-state index is 5.77. The highest BCUT2D eigenvalue weighted by atomic mass is 15.3. The Labute approximate surface area is 114 Å². The second-order valence-electron chi connectivity index (χ2n) is 5.87. The smallest absolute Gasteiger partial charge is 0.144 e. The van der Waals surface area contributed by atoms with Gasteiger partial charge in [-0.05, 0) is 25.7 Å². The summed E-state index contributed by atoms with van der Waals surface area (Å²) in [6.07, 6.45) is 2.88. The lowest BCUT2D eigenvalue weighted by Gasteiger charge is -2.34. The summed E-state index contributed by atoms with van der Waals surface area (Å²) in [5, 5.41) is 0. The third-order valence-electron chi connectivity index (χ3n) is 3.96. The van der Waals surface area contributed by atoms with Crippen LogP contribution in [0.15, 0.2) is 6.07 Å². The second-order valence-corrected chi connectivity index (χ2v) is 5.87. The first-order valence-corrected chi connectivity index (χ1v) is 7.24. The molecule has 5 heteroatoms. The Kier molecular flexibility index (Phi) is 3.66. The molecule has 1 aromatic heterocycles. The van der Waals surface area contributed by atoms with Crippen LogP contribution in [0.5, 0.6) is 0 Å². The molecule has 1 saturated heterocycles. The molecule has 2 heterocycles. The van der Waals surface area contributed by atoms with Crippen molar-refractivity contribution in [2.45, 2.75) is 26.3 Å². The lowest BCUT2D eigenvalue weighted by molar-refractivity contribution is 0.121. The van der Waals surface area contributed by atoms with Crippen molar-refractivity contribution in [3.05, 3.63) is 17.6 Å². The molecule has 0 radical (unpaired) electrons. The van der Waals surface area contributed by atoms with E-state index in [2.05, 4.69) is 19.8 Å². The summed E-state index contributed by atoms with van der Waals surface area (Å²) in [6, 6.07) is 1.82. The van der Waals surface area contributed by atoms with Crippen molar-refractivity contribution in [3.8, 4) is 0 Å². The minimum Gasteiger partial charge on any atom is -0.384 e. The molecule has 1 aliphatic carbocycles. The van der Waals surface area contributed by atoms with Crippen molar-refractivity contribution >= 4 is 5.82 Å². The van der Waals surface area contributed by atoms with Gasteiger partial charge in [-0.2, -0.15) is 0 Å². The molecule has 0 bridgehead atoms. The SMILES string of the molecule is Cc1cc(N)nc(CN2CCN(CC3CC3)CC2)n1. The molecule has 19 heavy (non-hydrogen) atoms. The lowest BCUT2D eigenvalue weighted by Crippen LogP contribution is -2.46. The van der Waals surface area contributed by atoms with Gasteiger partial charge in [-0.25, -0.2) is 9.97 Å². The van der Waals surface area contributed by atoms with Gasteiger partial charge < -0.3 is 10.6 Å². The molecule has 5 nitrogen and oxygen atoms in total. The fraction of sp³-hybridized carbons (Fsp3) is 0.714. The van der Waals surface area contributed by atoms with Crippen molar-refractivity contribution in [2.24, 2.45) is 5.92 Å². The summed E-state index contributed by atoms with van der Waals surface area (Å²) < 4.78 is 0. The van der Waals surface area contributed by atoms with Crippen LogP contribution in [0.3, 0.4) is 0 Å². The number of aryl methyl sites for hydroxylation is 1. The largest absolute Gasteiger partial charge is 0.384 e. The Hall–Kier alpha value is -1.20. The van der Waals surface area contributed by atoms with Crippen molar-refractivity contribution in [2.75, 3.05) is 38.5 Å². The maximum atomic E-state index is 5.77. The normalized spacial score (nSPS) is 21.7. The Morgan fingerprint density at radius 2 is 1.84 bits per heavy atom. The van der Waals surface area contributed by atoms with Gasteiger partial charge in [0.1, 0.15) is 11.6 Å². The fourth-order valence-corrected chi connectivity index (χ4v) is 2.72. The second kappa shape index (κ2) is 5.43. The zero-order valence-electron chi connectivity index (χ0n) is 11.7. The highest BCUT2D eigenvalue weighted by Gasteiger charge is 2.26. The zero-order chi connectivity index (χ0) is 13.2. The summed E-state index contributed by atoms with van der Waals surface area (Å²) in [4.78, 5) is 13.8. The maximum Gasteiger partial charge on any atom is 0.144 e. The Morgan fingerprint density at radius 1 is 1.16 bits per heavy atom. The van der Waals surface area contributed by atoms with Crippen LogP contribution < -0.4 is 5.73 Å². The summed E-state index contributed by atoms with van der Waals surface area (Å²) in [5.41, 5.74) is 6.72. The molecule has 0 amide bonds. The van der Waals surface area contributed by atoms with Gasteiger partial charge >= 0.3 is 0 Å². The monoisotopic (exact) mass is 261 g/mol. The number of aromatic nitrogens is 2. The Bertz CT molecular complexity index is 415. The van der Waals surface area contributed by atoms with Crippen LogP contribution in [0.1, 0.15) is 24.4 Å². The first kappa shape index (κ1) is 12.8. The molecular formula is C14H23N5. The summed E-state index contributed by atoms with van der Waals surface area (Å²) in [5.74, 6) is 2.43. The molecule has 2 N–H and O–H groups in total. The Balaban J connectivity index is 1.50. The molecule has 2 aliphatic rings. The predicted molar refractivity (Wildman–Crippen MR) is 75.6 cm³/mol. The van der Waals surface area contributed by atoms with Gasteiger partial charge in [-0.3, -0.25) is 4.90 Å². The van der Waals surface area contributed by atoms with Crippen molar-refractivity contribution in [3.63, 3.8) is 0 Å². The van der Waals surface area contributed by atoms with Crippen LogP contribution in [0.2, 0.25) is 0 Å². The predicted octanol–water partition coefficient (Wildman–Crippen LogP) is 0.895. The number of piperazine rings is 1. The van der Waals surface area contributed by atoms with E-state index >= 15 is 0 Å². The van der Waals surface area contributed by atoms with Crippen LogP contribution in [-0.2, 0) is 6.54 Å². The number of hydrogen-bond acceptors (Lipinski definition) is 5. The molecule has 104 valence electrons. The third-order valence-corrected chi connectivity index (χ3v) is 3.96. The van der Waals surface area contributed by atoms with Gasteiger partial charge in [-0.15, -0.1) is 0 Å². The molecule has 0 atom stereocenters. The summed E-state index contributed by atoms with van der Waals surface area (Å²) >= 11 is 0. The van der Waals surface area contributed by atoms with E-state index in [4.69, 9.17) is 5.73 Å². The molecule has 0 spiro atoms. The number of hydrogen-bond donors (Lipinski definition) is 1. The van der Waals surface area contributed by atoms with Gasteiger partial charge in [-0.1, -0.05) is 0 Å². The summed E-state index contributed by atoms with van der Waals surface area (Å²) in [7, 11) is 0. The molecule has 1 aromatic rings. The number of nitrogens with two attached hydrogens (primary N) is 1. The van der Waals surface area contributed by atoms with Gasteiger partial charge in [0.25, 0.3) is 0 Å². The highest BCUT2D eigenvalue weighted by Crippen LogP contribution is 2.29. The van der Waals surface area contributed by atoms with Crippen LogP contribution in [0.25, 0.3) is 0 Å². The van der Waals surface area contributed by atoms with Gasteiger partial charge in [0.15, 0.2) is 0 Å². The van der Waals surface area contributed by atoms with E-state index in [1.54, 1.807) is 0 Å². The average Bonchev–Trinajstić information content (AvgIpc) is 3.14. The molecule has 3 rings (SSSR count). The minimum absolute atomic E-state index is 0.579. The molecule has 2 fully saturated rings. The standard InChI is InChI=1S/C14H23N5/c1-11-8-13(15)17-14(16-11)10-19-6-4-18(5-7-19)9-12-2-3-12/h8,12H,2-7,9-10H2,1H3,(H2,15,16,17). The molecule has 0 unspecified atom stereocenters. The van der Waals surface area contributed by atoms with Crippen LogP contribution in [-0.4, -0.2) is 52.5 Å². The highest BCUT2D eigenvalue weighted by molar-refractivity contribution is 5.29. The fourth-order valence-electron chi connectivity index (χ4n) is 2.72. The van der Waals surface area contributed by atoms with E-state index < -0.39 is 0 Å². The van der Waals surface area contributed by atoms with Crippen LogP contribution >= 0.6 is 0 Å². The van der Waals surface area contributed by atoms with Crippen LogP contribution in [0.4, 0.5) is 5.82 Å². The zero-order valence-corrected chi connectivity index (χ0v) is 11.7. The van der Waals surface area contributed by atoms with Crippen LogP contribution in [0, 0.1) is 12.8 Å². The van der Waals surface area contributed by atoms with E-state index in [-0.39, 0.29) is 0 Å². The van der Waals surface area contributed by atoms with E-state index in [9.17, 15) is 0 Å². The third kappa shape index (κ3) is 3.64.